The lowest BCUT2D eigenvalue weighted by atomic mass is 9.73. The van der Waals surface area contributed by atoms with E-state index in [1.807, 2.05) is 0 Å². The lowest BCUT2D eigenvalue weighted by molar-refractivity contribution is -0.159. The van der Waals surface area contributed by atoms with Gasteiger partial charge < -0.3 is 5.11 Å². The summed E-state index contributed by atoms with van der Waals surface area (Å²) in [6, 6.07) is 0. The number of carboxylic acid groups (broad SMARTS) is 1. The number of carbonyl (C=O) groups is 1. The first-order chi connectivity index (χ1) is 8.01. The van der Waals surface area contributed by atoms with Gasteiger partial charge in [-0.1, -0.05) is 33.1 Å². The van der Waals surface area contributed by atoms with Gasteiger partial charge in [-0.15, -0.1) is 0 Å². The summed E-state index contributed by atoms with van der Waals surface area (Å²) in [5.74, 6) is -0.595. The first kappa shape index (κ1) is 12.9. The third-order valence-corrected chi connectivity index (χ3v) is 4.96. The van der Waals surface area contributed by atoms with Crippen molar-refractivity contribution >= 4 is 5.97 Å². The van der Waals surface area contributed by atoms with Gasteiger partial charge in [0.05, 0.1) is 0 Å². The predicted molar refractivity (Wildman–Crippen MR) is 68.0 cm³/mol. The Morgan fingerprint density at radius 3 is 2.00 bits per heavy atom. The van der Waals surface area contributed by atoms with Crippen LogP contribution in [0.25, 0.3) is 0 Å². The highest BCUT2D eigenvalue weighted by Gasteiger charge is 2.57. The molecule has 3 heteroatoms. The van der Waals surface area contributed by atoms with Gasteiger partial charge in [0.2, 0.25) is 0 Å². The maximum atomic E-state index is 11.9. The summed E-state index contributed by atoms with van der Waals surface area (Å²) < 4.78 is 0. The minimum absolute atomic E-state index is 0.0941. The molecule has 1 N–H and O–H groups in total. The van der Waals surface area contributed by atoms with Crippen LogP contribution >= 0.6 is 0 Å². The lowest BCUT2D eigenvalue weighted by Gasteiger charge is -2.46. The molecule has 0 bridgehead atoms. The van der Waals surface area contributed by atoms with Crippen LogP contribution in [0.1, 0.15) is 58.8 Å². The Labute approximate surface area is 104 Å². The van der Waals surface area contributed by atoms with Crippen molar-refractivity contribution in [1.82, 2.24) is 4.90 Å². The molecule has 17 heavy (non-hydrogen) atoms. The van der Waals surface area contributed by atoms with E-state index in [1.165, 1.54) is 12.8 Å². The van der Waals surface area contributed by atoms with Crippen LogP contribution in [0, 0.1) is 5.41 Å². The maximum absolute atomic E-state index is 11.9. The van der Waals surface area contributed by atoms with Crippen molar-refractivity contribution in [2.45, 2.75) is 64.3 Å². The summed E-state index contributed by atoms with van der Waals surface area (Å²) in [7, 11) is 0. The molecular formula is C14H25NO2. The number of aliphatic carboxylic acids is 1. The molecule has 0 aromatic carbocycles. The fourth-order valence-electron chi connectivity index (χ4n) is 3.90. The molecule has 3 nitrogen and oxygen atoms in total. The van der Waals surface area contributed by atoms with E-state index in [4.69, 9.17) is 0 Å². The molecule has 0 spiro atoms. The summed E-state index contributed by atoms with van der Waals surface area (Å²) >= 11 is 0. The molecular weight excluding hydrogens is 214 g/mol. The molecule has 1 saturated carbocycles. The first-order valence-electron chi connectivity index (χ1n) is 6.99. The summed E-state index contributed by atoms with van der Waals surface area (Å²) in [5.41, 5.74) is -0.694. The number of hydrogen-bond donors (Lipinski definition) is 1. The van der Waals surface area contributed by atoms with Gasteiger partial charge in [0.15, 0.2) is 0 Å². The smallest absolute Gasteiger partial charge is 0.324 e. The summed E-state index contributed by atoms with van der Waals surface area (Å²) in [4.78, 5) is 14.2. The Bertz CT molecular complexity index is 293. The van der Waals surface area contributed by atoms with Gasteiger partial charge in [-0.2, -0.15) is 0 Å². The predicted octanol–water partition coefficient (Wildman–Crippen LogP) is 2.90. The molecule has 0 amide bonds. The van der Waals surface area contributed by atoms with Crippen LogP contribution in [0.15, 0.2) is 0 Å². The van der Waals surface area contributed by atoms with Gasteiger partial charge in [-0.25, -0.2) is 0 Å². The summed E-state index contributed by atoms with van der Waals surface area (Å²) in [5, 5.41) is 9.80. The first-order valence-corrected chi connectivity index (χ1v) is 6.99. The second kappa shape index (κ2) is 4.60. The van der Waals surface area contributed by atoms with Crippen LogP contribution in [0.5, 0.6) is 0 Å². The second-order valence-corrected chi connectivity index (χ2v) is 6.30. The second-order valence-electron chi connectivity index (χ2n) is 6.30. The zero-order chi connectivity index (χ0) is 12.5. The van der Waals surface area contributed by atoms with Crippen molar-refractivity contribution in [1.29, 1.82) is 0 Å². The third-order valence-electron chi connectivity index (χ3n) is 4.96. The molecule has 98 valence electrons. The molecule has 1 unspecified atom stereocenters. The highest BCUT2D eigenvalue weighted by Crippen LogP contribution is 2.50. The molecule has 1 heterocycles. The van der Waals surface area contributed by atoms with Crippen LogP contribution in [0.2, 0.25) is 0 Å². The van der Waals surface area contributed by atoms with E-state index in [-0.39, 0.29) is 5.41 Å². The van der Waals surface area contributed by atoms with Gasteiger partial charge in [0.25, 0.3) is 0 Å². The normalized spacial score (nSPS) is 34.5. The highest BCUT2D eigenvalue weighted by molar-refractivity contribution is 5.80. The Kier molecular flexibility index (Phi) is 3.48. The monoisotopic (exact) mass is 239 g/mol. The van der Waals surface area contributed by atoms with Crippen LogP contribution < -0.4 is 0 Å². The van der Waals surface area contributed by atoms with Gasteiger partial charge in [0, 0.05) is 0 Å². The molecule has 1 atom stereocenters. The van der Waals surface area contributed by atoms with E-state index in [2.05, 4.69) is 18.7 Å². The molecule has 2 rings (SSSR count). The SMILES string of the molecule is CC1(C)CCCC1(C(=O)O)N1CCCCCC1. The van der Waals surface area contributed by atoms with Crippen molar-refractivity contribution < 1.29 is 9.90 Å². The average molecular weight is 239 g/mol. The molecule has 0 aromatic heterocycles. The van der Waals surface area contributed by atoms with E-state index < -0.39 is 11.5 Å². The average Bonchev–Trinajstić information content (AvgIpc) is 2.47. The van der Waals surface area contributed by atoms with Crippen LogP contribution in [-0.4, -0.2) is 34.6 Å². The molecule has 2 fully saturated rings. The summed E-state index contributed by atoms with van der Waals surface area (Å²) in [6.45, 7) is 6.21. The Morgan fingerprint density at radius 2 is 1.59 bits per heavy atom. The van der Waals surface area contributed by atoms with Crippen molar-refractivity contribution in [3.05, 3.63) is 0 Å². The molecule has 1 saturated heterocycles. The Balaban J connectivity index is 2.30. The largest absolute Gasteiger partial charge is 0.480 e. The third kappa shape index (κ3) is 1.99. The maximum Gasteiger partial charge on any atom is 0.324 e. The van der Waals surface area contributed by atoms with Gasteiger partial charge >= 0.3 is 5.97 Å². The van der Waals surface area contributed by atoms with Crippen molar-refractivity contribution in [2.75, 3.05) is 13.1 Å². The minimum atomic E-state index is -0.600. The quantitative estimate of drug-likeness (QED) is 0.805. The van der Waals surface area contributed by atoms with E-state index >= 15 is 0 Å². The van der Waals surface area contributed by atoms with Gasteiger partial charge in [0.1, 0.15) is 5.54 Å². The van der Waals surface area contributed by atoms with Crippen molar-refractivity contribution in [2.24, 2.45) is 5.41 Å². The Hall–Kier alpha value is -0.570. The number of likely N-dealkylation sites (tertiary alicyclic amines) is 1. The summed E-state index contributed by atoms with van der Waals surface area (Å²) in [6.07, 6.45) is 7.75. The minimum Gasteiger partial charge on any atom is -0.480 e. The van der Waals surface area contributed by atoms with Crippen molar-refractivity contribution in [3.8, 4) is 0 Å². The zero-order valence-corrected chi connectivity index (χ0v) is 11.2. The lowest BCUT2D eigenvalue weighted by Crippen LogP contribution is -2.60. The zero-order valence-electron chi connectivity index (χ0n) is 11.2. The number of hydrogen-bond acceptors (Lipinski definition) is 2. The molecule has 0 radical (unpaired) electrons. The van der Waals surface area contributed by atoms with E-state index in [0.717, 1.165) is 45.2 Å². The molecule has 0 aromatic rings. The van der Waals surface area contributed by atoms with E-state index in [9.17, 15) is 9.90 Å². The fourth-order valence-corrected chi connectivity index (χ4v) is 3.90. The molecule has 2 aliphatic rings. The van der Waals surface area contributed by atoms with Crippen molar-refractivity contribution in [3.63, 3.8) is 0 Å². The molecule has 1 aliphatic carbocycles. The molecule has 1 aliphatic heterocycles. The number of carboxylic acids is 1. The van der Waals surface area contributed by atoms with E-state index in [0.29, 0.717) is 0 Å². The van der Waals surface area contributed by atoms with E-state index in [1.54, 1.807) is 0 Å². The van der Waals surface area contributed by atoms with Crippen LogP contribution in [-0.2, 0) is 4.79 Å². The Morgan fingerprint density at radius 1 is 1.00 bits per heavy atom. The highest BCUT2D eigenvalue weighted by atomic mass is 16.4. The van der Waals surface area contributed by atoms with Gasteiger partial charge in [-0.05, 0) is 44.2 Å². The van der Waals surface area contributed by atoms with Gasteiger partial charge in [-0.3, -0.25) is 9.69 Å². The fraction of sp³-hybridized carbons (Fsp3) is 0.929. The standard InChI is InChI=1S/C14H25NO2/c1-13(2)8-7-9-14(13,12(16)17)15-10-5-3-4-6-11-15/h3-11H2,1-2H3,(H,16,17). The topological polar surface area (TPSA) is 40.5 Å². The number of rotatable bonds is 2. The van der Waals surface area contributed by atoms with Crippen LogP contribution in [0.3, 0.4) is 0 Å². The number of nitrogens with zero attached hydrogens (tertiary/aromatic N) is 1. The van der Waals surface area contributed by atoms with Crippen LogP contribution in [0.4, 0.5) is 0 Å².